The molecule has 1 fully saturated rings. The first kappa shape index (κ1) is 30.1. The van der Waals surface area contributed by atoms with Crippen LogP contribution in [0.3, 0.4) is 0 Å². The molecule has 2 aromatic carbocycles. The molecule has 0 unspecified atom stereocenters. The molecule has 11 heteroatoms. The summed E-state index contributed by atoms with van der Waals surface area (Å²) in [6.45, 7) is 10.5. The lowest BCUT2D eigenvalue weighted by Gasteiger charge is -2.35. The number of ether oxygens (including phenoxy) is 2. The van der Waals surface area contributed by atoms with Crippen molar-refractivity contribution in [3.8, 4) is 11.5 Å². The number of thiophene rings is 1. The van der Waals surface area contributed by atoms with Crippen LogP contribution in [0.15, 0.2) is 55.3 Å². The summed E-state index contributed by atoms with van der Waals surface area (Å²) in [6, 6.07) is 10.5. The van der Waals surface area contributed by atoms with Crippen LogP contribution in [0.5, 0.6) is 11.5 Å². The Kier molecular flexibility index (Phi) is 9.02. The van der Waals surface area contributed by atoms with E-state index in [4.69, 9.17) is 9.47 Å². The molecule has 0 saturated carbocycles. The minimum absolute atomic E-state index is 0.147. The fourth-order valence-corrected chi connectivity index (χ4v) is 6.10. The third-order valence-electron chi connectivity index (χ3n) is 7.58. The van der Waals surface area contributed by atoms with Gasteiger partial charge in [-0.2, -0.15) is 0 Å². The van der Waals surface area contributed by atoms with Crippen LogP contribution in [-0.2, 0) is 11.2 Å². The summed E-state index contributed by atoms with van der Waals surface area (Å²) in [4.78, 5) is 35.0. The molecular weight excluding hydrogens is 574 g/mol. The van der Waals surface area contributed by atoms with Crippen molar-refractivity contribution in [3.63, 3.8) is 0 Å². The Morgan fingerprint density at radius 1 is 1.05 bits per heavy atom. The maximum atomic E-state index is 15.0. The number of amides is 1. The van der Waals surface area contributed by atoms with E-state index in [2.05, 4.69) is 33.6 Å². The number of rotatable bonds is 10. The van der Waals surface area contributed by atoms with Gasteiger partial charge in [0, 0.05) is 61.9 Å². The summed E-state index contributed by atoms with van der Waals surface area (Å²) >= 11 is 1.09. The van der Waals surface area contributed by atoms with E-state index in [1.54, 1.807) is 12.3 Å². The van der Waals surface area contributed by atoms with Gasteiger partial charge in [-0.1, -0.05) is 19.6 Å². The number of ketones is 1. The number of anilines is 2. The summed E-state index contributed by atoms with van der Waals surface area (Å²) in [6.07, 6.45) is 3.27. The first-order valence-electron chi connectivity index (χ1n) is 13.8. The highest BCUT2D eigenvalue weighted by Gasteiger charge is 2.27. The smallest absolute Gasteiger partial charge is 0.247 e. The van der Waals surface area contributed by atoms with Gasteiger partial charge in [-0.25, -0.2) is 8.78 Å². The average Bonchev–Trinajstić information content (AvgIpc) is 3.45. The number of nitrogens with one attached hydrogen (secondary N) is 1. The topological polar surface area (TPSA) is 84.0 Å². The summed E-state index contributed by atoms with van der Waals surface area (Å²) in [5, 5.41) is 3.63. The molecule has 4 aromatic rings. The van der Waals surface area contributed by atoms with Crippen molar-refractivity contribution < 1.29 is 27.8 Å². The van der Waals surface area contributed by atoms with Crippen molar-refractivity contribution in [1.29, 1.82) is 0 Å². The van der Waals surface area contributed by atoms with Crippen molar-refractivity contribution in [1.82, 2.24) is 9.88 Å². The number of hydrogen-bond acceptors (Lipinski definition) is 8. The molecule has 0 spiro atoms. The van der Waals surface area contributed by atoms with E-state index in [-0.39, 0.29) is 22.3 Å². The fraction of sp³-hybridized carbons (Fsp3) is 0.281. The third-order valence-corrected chi connectivity index (χ3v) is 8.66. The van der Waals surface area contributed by atoms with Crippen molar-refractivity contribution in [2.75, 3.05) is 57.2 Å². The Bertz CT molecular complexity index is 1670. The van der Waals surface area contributed by atoms with Gasteiger partial charge < -0.3 is 24.6 Å². The van der Waals surface area contributed by atoms with Crippen molar-refractivity contribution in [3.05, 3.63) is 88.6 Å². The number of halogens is 2. The second kappa shape index (κ2) is 12.9. The predicted molar refractivity (Wildman–Crippen MR) is 165 cm³/mol. The largest absolute Gasteiger partial charge is 0.494 e. The van der Waals surface area contributed by atoms with Crippen LogP contribution in [0.25, 0.3) is 10.1 Å². The van der Waals surface area contributed by atoms with E-state index in [1.165, 1.54) is 20.3 Å². The van der Waals surface area contributed by atoms with Gasteiger partial charge in [0.15, 0.2) is 23.1 Å². The number of likely N-dealkylation sites (N-methyl/N-ethyl adjacent to an activating group) is 1. The molecule has 1 saturated heterocycles. The molecule has 3 heterocycles. The van der Waals surface area contributed by atoms with Gasteiger partial charge in [0.05, 0.1) is 23.8 Å². The maximum Gasteiger partial charge on any atom is 0.247 e. The number of fused-ring (bicyclic) bond motifs is 1. The highest BCUT2D eigenvalue weighted by Crippen LogP contribution is 2.35. The molecule has 8 nitrogen and oxygen atoms in total. The third kappa shape index (κ3) is 6.23. The molecule has 1 aliphatic rings. The highest BCUT2D eigenvalue weighted by molar-refractivity contribution is 7.21. The fourth-order valence-electron chi connectivity index (χ4n) is 5.14. The van der Waals surface area contributed by atoms with Gasteiger partial charge in [0.1, 0.15) is 5.56 Å². The number of nitrogens with zero attached hydrogens (tertiary/aromatic N) is 3. The Morgan fingerprint density at radius 2 is 1.74 bits per heavy atom. The number of piperazine rings is 1. The van der Waals surface area contributed by atoms with Crippen LogP contribution >= 0.6 is 11.3 Å². The normalized spacial score (nSPS) is 13.7. The molecule has 1 N–H and O–H groups in total. The summed E-state index contributed by atoms with van der Waals surface area (Å²) in [7, 11) is 2.46. The maximum absolute atomic E-state index is 15.0. The zero-order chi connectivity index (χ0) is 30.7. The first-order chi connectivity index (χ1) is 20.8. The van der Waals surface area contributed by atoms with Gasteiger partial charge in [-0.05, 0) is 47.8 Å². The lowest BCUT2D eigenvalue weighted by Crippen LogP contribution is -2.46. The number of carbonyl (C=O) groups excluding carboxylic acids is 2. The van der Waals surface area contributed by atoms with Crippen LogP contribution < -0.4 is 19.7 Å². The van der Waals surface area contributed by atoms with Crippen molar-refractivity contribution >= 4 is 44.5 Å². The molecule has 5 rings (SSSR count). The van der Waals surface area contributed by atoms with Gasteiger partial charge in [0.2, 0.25) is 11.7 Å². The van der Waals surface area contributed by atoms with Crippen molar-refractivity contribution in [2.24, 2.45) is 0 Å². The summed E-state index contributed by atoms with van der Waals surface area (Å²) in [5.41, 5.74) is 2.51. The quantitative estimate of drug-likeness (QED) is 0.184. The van der Waals surface area contributed by atoms with Gasteiger partial charge >= 0.3 is 0 Å². The van der Waals surface area contributed by atoms with Crippen LogP contribution in [0.2, 0.25) is 0 Å². The molecule has 2 aromatic heterocycles. The Balaban J connectivity index is 1.43. The number of carbonyl (C=O) groups is 2. The zero-order valence-electron chi connectivity index (χ0n) is 24.2. The number of aromatic nitrogens is 1. The molecule has 0 aliphatic carbocycles. The molecule has 224 valence electrons. The van der Waals surface area contributed by atoms with E-state index in [9.17, 15) is 18.4 Å². The monoisotopic (exact) mass is 606 g/mol. The highest BCUT2D eigenvalue weighted by atomic mass is 32.1. The van der Waals surface area contributed by atoms with E-state index >= 15 is 0 Å². The molecule has 0 bridgehead atoms. The number of hydrogen-bond donors (Lipinski definition) is 1. The number of pyridine rings is 1. The zero-order valence-corrected chi connectivity index (χ0v) is 25.0. The lowest BCUT2D eigenvalue weighted by atomic mass is 10.0. The Hall–Kier alpha value is -4.35. The van der Waals surface area contributed by atoms with Gasteiger partial charge in [0.25, 0.3) is 0 Å². The molecule has 43 heavy (non-hydrogen) atoms. The molecule has 1 amide bonds. The van der Waals surface area contributed by atoms with Crippen LogP contribution in [0, 0.1) is 11.6 Å². The summed E-state index contributed by atoms with van der Waals surface area (Å²) in [5.74, 6) is -3.90. The number of benzene rings is 2. The number of methoxy groups -OCH3 is 2. The summed E-state index contributed by atoms with van der Waals surface area (Å²) < 4.78 is 40.6. The first-order valence-corrected chi connectivity index (χ1v) is 14.6. The average molecular weight is 607 g/mol. The van der Waals surface area contributed by atoms with Crippen LogP contribution in [-0.4, -0.2) is 68.5 Å². The molecule has 1 aliphatic heterocycles. The van der Waals surface area contributed by atoms with Crippen LogP contribution in [0.4, 0.5) is 20.2 Å². The van der Waals surface area contributed by atoms with E-state index in [1.807, 2.05) is 24.3 Å². The van der Waals surface area contributed by atoms with Gasteiger partial charge in [-0.15, -0.1) is 11.3 Å². The van der Waals surface area contributed by atoms with E-state index < -0.39 is 23.0 Å². The minimum atomic E-state index is -1.09. The van der Waals surface area contributed by atoms with E-state index in [0.29, 0.717) is 27.9 Å². The van der Waals surface area contributed by atoms with Crippen LogP contribution in [0.1, 0.15) is 33.4 Å². The predicted octanol–water partition coefficient (Wildman–Crippen LogP) is 5.68. The molecule has 0 radical (unpaired) electrons. The molecule has 0 atom stereocenters. The standard InChI is InChI=1S/C32H32F2N4O4S/c1-5-28(39)36-23-16-22(38-11-9-37(6-2)10-12-38)8-7-19(23)13-21-14-20-15-26(43-27(20)18-35-21)32(40)29-30(33)24(41-3)17-25(42-4)31(29)34/h5,7-8,14-18H,1,6,9-13H2,2-4H3,(H,36,39). The Morgan fingerprint density at radius 3 is 2.37 bits per heavy atom. The second-order valence-electron chi connectivity index (χ2n) is 10.1. The Labute approximate surface area is 252 Å². The molecular formula is C32H32F2N4O4S. The van der Waals surface area contributed by atoms with Gasteiger partial charge in [-0.3, -0.25) is 14.6 Å². The van der Waals surface area contributed by atoms with E-state index in [0.717, 1.165) is 61.4 Å². The minimum Gasteiger partial charge on any atom is -0.494 e. The second-order valence-corrected chi connectivity index (χ2v) is 11.2. The SMILES string of the molecule is C=CC(=O)Nc1cc(N2CCN(CC)CC2)ccc1Cc1cc2cc(C(=O)c3c(F)c(OC)cc(OC)c3F)sc2cn1. The lowest BCUT2D eigenvalue weighted by molar-refractivity contribution is -0.111. The van der Waals surface area contributed by atoms with Crippen molar-refractivity contribution in [2.45, 2.75) is 13.3 Å².